The standard InChI is InChI=1S/C18H30N4O2/c1-5-19-18(21-12-14(2)13-23)20-10-9-15-7-6-8-16(11-15)17(24)22(3)4/h6-8,11,14,23H,5,9-10,12-13H2,1-4H3,(H2,19,20,21). The van der Waals surface area contributed by atoms with Gasteiger partial charge in [-0.3, -0.25) is 9.79 Å². The van der Waals surface area contributed by atoms with Crippen LogP contribution in [-0.2, 0) is 6.42 Å². The van der Waals surface area contributed by atoms with Gasteiger partial charge < -0.3 is 20.6 Å². The average Bonchev–Trinajstić information content (AvgIpc) is 2.58. The van der Waals surface area contributed by atoms with E-state index in [0.717, 1.165) is 31.0 Å². The van der Waals surface area contributed by atoms with E-state index in [1.165, 1.54) is 0 Å². The zero-order valence-electron chi connectivity index (χ0n) is 15.2. The summed E-state index contributed by atoms with van der Waals surface area (Å²) in [5, 5.41) is 15.5. The quantitative estimate of drug-likeness (QED) is 0.492. The van der Waals surface area contributed by atoms with Gasteiger partial charge in [-0.1, -0.05) is 19.1 Å². The molecule has 0 saturated heterocycles. The zero-order valence-corrected chi connectivity index (χ0v) is 15.2. The lowest BCUT2D eigenvalue weighted by atomic mass is 10.1. The molecule has 0 spiro atoms. The smallest absolute Gasteiger partial charge is 0.253 e. The molecule has 1 aromatic carbocycles. The Bertz CT molecular complexity index is 544. The second kappa shape index (κ2) is 10.6. The van der Waals surface area contributed by atoms with Crippen molar-refractivity contribution in [3.8, 4) is 0 Å². The van der Waals surface area contributed by atoms with E-state index in [0.29, 0.717) is 12.1 Å². The molecule has 0 aliphatic heterocycles. The Kier molecular flexibility index (Phi) is 8.86. The van der Waals surface area contributed by atoms with Crippen LogP contribution in [0.15, 0.2) is 29.3 Å². The largest absolute Gasteiger partial charge is 0.396 e. The van der Waals surface area contributed by atoms with Gasteiger partial charge in [0.15, 0.2) is 5.96 Å². The molecule has 1 unspecified atom stereocenters. The van der Waals surface area contributed by atoms with E-state index in [2.05, 4.69) is 15.6 Å². The Hall–Kier alpha value is -2.08. The number of carbonyl (C=O) groups is 1. The van der Waals surface area contributed by atoms with Crippen molar-refractivity contribution < 1.29 is 9.90 Å². The Morgan fingerprint density at radius 1 is 1.33 bits per heavy atom. The second-order valence-corrected chi connectivity index (χ2v) is 6.08. The van der Waals surface area contributed by atoms with Gasteiger partial charge in [0, 0.05) is 45.9 Å². The van der Waals surface area contributed by atoms with Crippen molar-refractivity contribution in [1.82, 2.24) is 15.5 Å². The summed E-state index contributed by atoms with van der Waals surface area (Å²) in [6.45, 7) is 6.20. The fourth-order valence-electron chi connectivity index (χ4n) is 2.09. The summed E-state index contributed by atoms with van der Waals surface area (Å²) in [7, 11) is 3.51. The SMILES string of the molecule is CCNC(=NCC(C)CO)NCCc1cccc(C(=O)N(C)C)c1. The molecule has 3 N–H and O–H groups in total. The number of aliphatic imine (C=N–C) groups is 1. The molecule has 24 heavy (non-hydrogen) atoms. The normalized spacial score (nSPS) is 12.6. The highest BCUT2D eigenvalue weighted by Gasteiger charge is 2.08. The lowest BCUT2D eigenvalue weighted by Gasteiger charge is -2.13. The van der Waals surface area contributed by atoms with Crippen molar-refractivity contribution in [2.24, 2.45) is 10.9 Å². The maximum Gasteiger partial charge on any atom is 0.253 e. The predicted octanol–water partition coefficient (Wildman–Crippen LogP) is 1.11. The molecule has 6 nitrogen and oxygen atoms in total. The number of hydrogen-bond acceptors (Lipinski definition) is 3. The lowest BCUT2D eigenvalue weighted by molar-refractivity contribution is 0.0827. The van der Waals surface area contributed by atoms with E-state index in [-0.39, 0.29) is 18.4 Å². The number of rotatable bonds is 8. The highest BCUT2D eigenvalue weighted by Crippen LogP contribution is 2.07. The molecule has 0 aliphatic carbocycles. The Balaban J connectivity index is 2.58. The van der Waals surface area contributed by atoms with E-state index in [4.69, 9.17) is 5.11 Å². The first kappa shape index (κ1) is 20.0. The van der Waals surface area contributed by atoms with Crippen molar-refractivity contribution in [2.75, 3.05) is 40.3 Å². The first-order valence-corrected chi connectivity index (χ1v) is 8.41. The Morgan fingerprint density at radius 2 is 2.08 bits per heavy atom. The molecule has 0 bridgehead atoms. The summed E-state index contributed by atoms with van der Waals surface area (Å²) in [6, 6.07) is 7.70. The summed E-state index contributed by atoms with van der Waals surface area (Å²) in [6.07, 6.45) is 0.800. The van der Waals surface area contributed by atoms with Crippen LogP contribution in [-0.4, -0.2) is 62.2 Å². The fraction of sp³-hybridized carbons (Fsp3) is 0.556. The van der Waals surface area contributed by atoms with E-state index >= 15 is 0 Å². The van der Waals surface area contributed by atoms with Gasteiger partial charge in [0.25, 0.3) is 5.91 Å². The van der Waals surface area contributed by atoms with E-state index in [1.807, 2.05) is 38.1 Å². The third-order valence-corrected chi connectivity index (χ3v) is 3.50. The summed E-state index contributed by atoms with van der Waals surface area (Å²) in [5.74, 6) is 0.908. The molecule has 1 atom stereocenters. The third kappa shape index (κ3) is 7.00. The minimum atomic E-state index is 0.0118. The topological polar surface area (TPSA) is 77.0 Å². The molecule has 1 rings (SSSR count). The predicted molar refractivity (Wildman–Crippen MR) is 98.4 cm³/mol. The molecule has 1 amide bonds. The molecule has 0 fully saturated rings. The molecule has 6 heteroatoms. The molecule has 0 aliphatic rings. The zero-order chi connectivity index (χ0) is 17.9. The number of benzene rings is 1. The van der Waals surface area contributed by atoms with Crippen LogP contribution >= 0.6 is 0 Å². The van der Waals surface area contributed by atoms with Gasteiger partial charge in [0.05, 0.1) is 0 Å². The van der Waals surface area contributed by atoms with Crippen molar-refractivity contribution in [2.45, 2.75) is 20.3 Å². The monoisotopic (exact) mass is 334 g/mol. The number of carbonyl (C=O) groups excluding carboxylic acids is 1. The Morgan fingerprint density at radius 3 is 2.71 bits per heavy atom. The van der Waals surface area contributed by atoms with Gasteiger partial charge in [-0.05, 0) is 37.0 Å². The number of amides is 1. The van der Waals surface area contributed by atoms with Gasteiger partial charge in [0.1, 0.15) is 0 Å². The maximum absolute atomic E-state index is 12.0. The number of aliphatic hydroxyl groups is 1. The molecular formula is C18H30N4O2. The summed E-state index contributed by atoms with van der Waals surface area (Å²) < 4.78 is 0. The maximum atomic E-state index is 12.0. The van der Waals surface area contributed by atoms with Crippen LogP contribution in [0.3, 0.4) is 0 Å². The first-order chi connectivity index (χ1) is 11.5. The van der Waals surface area contributed by atoms with Gasteiger partial charge in [-0.25, -0.2) is 0 Å². The number of nitrogens with one attached hydrogen (secondary N) is 2. The van der Waals surface area contributed by atoms with Crippen molar-refractivity contribution in [3.63, 3.8) is 0 Å². The van der Waals surface area contributed by atoms with Crippen molar-refractivity contribution in [3.05, 3.63) is 35.4 Å². The average molecular weight is 334 g/mol. The molecule has 0 saturated carbocycles. The molecule has 0 radical (unpaired) electrons. The Labute approximate surface area is 145 Å². The molecule has 0 aromatic heterocycles. The van der Waals surface area contributed by atoms with Crippen LogP contribution in [0.25, 0.3) is 0 Å². The van der Waals surface area contributed by atoms with Crippen LogP contribution in [0.2, 0.25) is 0 Å². The number of aliphatic hydroxyl groups excluding tert-OH is 1. The van der Waals surface area contributed by atoms with Crippen LogP contribution < -0.4 is 10.6 Å². The van der Waals surface area contributed by atoms with E-state index in [1.54, 1.807) is 19.0 Å². The second-order valence-electron chi connectivity index (χ2n) is 6.08. The van der Waals surface area contributed by atoms with Gasteiger partial charge >= 0.3 is 0 Å². The first-order valence-electron chi connectivity index (χ1n) is 8.41. The van der Waals surface area contributed by atoms with Crippen LogP contribution in [0.5, 0.6) is 0 Å². The van der Waals surface area contributed by atoms with Gasteiger partial charge in [0.2, 0.25) is 0 Å². The van der Waals surface area contributed by atoms with Crippen LogP contribution in [0.1, 0.15) is 29.8 Å². The highest BCUT2D eigenvalue weighted by atomic mass is 16.3. The molecule has 0 heterocycles. The lowest BCUT2D eigenvalue weighted by Crippen LogP contribution is -2.38. The third-order valence-electron chi connectivity index (χ3n) is 3.50. The van der Waals surface area contributed by atoms with Crippen molar-refractivity contribution >= 4 is 11.9 Å². The minimum absolute atomic E-state index is 0.0118. The van der Waals surface area contributed by atoms with Crippen LogP contribution in [0, 0.1) is 5.92 Å². The van der Waals surface area contributed by atoms with E-state index < -0.39 is 0 Å². The highest BCUT2D eigenvalue weighted by molar-refractivity contribution is 5.94. The van der Waals surface area contributed by atoms with Crippen molar-refractivity contribution in [1.29, 1.82) is 0 Å². The van der Waals surface area contributed by atoms with Gasteiger partial charge in [-0.15, -0.1) is 0 Å². The fourth-order valence-corrected chi connectivity index (χ4v) is 2.09. The van der Waals surface area contributed by atoms with Crippen LogP contribution in [0.4, 0.5) is 0 Å². The summed E-state index contributed by atoms with van der Waals surface area (Å²) in [5.41, 5.74) is 1.81. The van der Waals surface area contributed by atoms with Gasteiger partial charge in [-0.2, -0.15) is 0 Å². The number of guanidine groups is 1. The summed E-state index contributed by atoms with van der Waals surface area (Å²) in [4.78, 5) is 18.0. The molecular weight excluding hydrogens is 304 g/mol. The minimum Gasteiger partial charge on any atom is -0.396 e. The number of hydrogen-bond donors (Lipinski definition) is 3. The molecule has 134 valence electrons. The summed E-state index contributed by atoms with van der Waals surface area (Å²) >= 11 is 0. The van der Waals surface area contributed by atoms with E-state index in [9.17, 15) is 4.79 Å². The molecule has 1 aromatic rings. The number of nitrogens with zero attached hydrogens (tertiary/aromatic N) is 2.